The first-order chi connectivity index (χ1) is 5.70. The van der Waals surface area contributed by atoms with Crippen LogP contribution in [0.3, 0.4) is 0 Å². The summed E-state index contributed by atoms with van der Waals surface area (Å²) in [4.78, 5) is 10.9. The molecule has 4 heteroatoms. The highest BCUT2D eigenvalue weighted by Gasteiger charge is 2.02. The van der Waals surface area contributed by atoms with Crippen molar-refractivity contribution in [2.24, 2.45) is 0 Å². The molecule has 12 heavy (non-hydrogen) atoms. The van der Waals surface area contributed by atoms with E-state index in [4.69, 9.17) is 5.11 Å². The van der Waals surface area contributed by atoms with Crippen molar-refractivity contribution in [1.29, 1.82) is 0 Å². The Morgan fingerprint density at radius 3 is 2.83 bits per heavy atom. The monoisotopic (exact) mass is 237 g/mol. The van der Waals surface area contributed by atoms with Gasteiger partial charge in [-0.2, -0.15) is 0 Å². The minimum absolute atomic E-state index is 0.0372. The van der Waals surface area contributed by atoms with E-state index in [1.165, 1.54) is 0 Å². The number of hydrogen-bond donors (Lipinski definition) is 2. The Morgan fingerprint density at radius 2 is 2.33 bits per heavy atom. The van der Waals surface area contributed by atoms with Crippen molar-refractivity contribution in [3.05, 3.63) is 0 Å². The first-order valence-corrected chi connectivity index (χ1v) is 5.33. The summed E-state index contributed by atoms with van der Waals surface area (Å²) in [5.74, 6) is 0.0372. The van der Waals surface area contributed by atoms with Gasteiger partial charge < -0.3 is 10.4 Å². The summed E-state index contributed by atoms with van der Waals surface area (Å²) in [5, 5.41) is 12.5. The van der Waals surface area contributed by atoms with Gasteiger partial charge in [-0.25, -0.2) is 0 Å². The number of carbonyl (C=O) groups is 1. The molecule has 0 radical (unpaired) electrons. The Hall–Kier alpha value is -0.0900. The highest BCUT2D eigenvalue weighted by molar-refractivity contribution is 9.09. The maximum absolute atomic E-state index is 10.9. The van der Waals surface area contributed by atoms with E-state index in [0.29, 0.717) is 24.7 Å². The van der Waals surface area contributed by atoms with Crippen LogP contribution < -0.4 is 5.32 Å². The molecule has 0 spiro atoms. The van der Waals surface area contributed by atoms with Crippen LogP contribution in [-0.2, 0) is 4.79 Å². The van der Waals surface area contributed by atoms with Gasteiger partial charge in [0.25, 0.3) is 0 Å². The molecule has 0 aromatic carbocycles. The van der Waals surface area contributed by atoms with Gasteiger partial charge in [-0.05, 0) is 12.8 Å². The Bertz CT molecular complexity index is 130. The highest BCUT2D eigenvalue weighted by Crippen LogP contribution is 1.94. The first-order valence-electron chi connectivity index (χ1n) is 4.21. The summed E-state index contributed by atoms with van der Waals surface area (Å²) in [5.41, 5.74) is 0. The van der Waals surface area contributed by atoms with Crippen LogP contribution in [0, 0.1) is 0 Å². The molecule has 0 fully saturated rings. The van der Waals surface area contributed by atoms with Crippen LogP contribution in [0.15, 0.2) is 0 Å². The SMILES string of the molecule is CCC(O)CCNC(=O)CCBr. The number of nitrogens with one attached hydrogen (secondary N) is 1. The van der Waals surface area contributed by atoms with Crippen molar-refractivity contribution in [2.75, 3.05) is 11.9 Å². The molecule has 3 nitrogen and oxygen atoms in total. The normalized spacial score (nSPS) is 12.6. The second-order valence-electron chi connectivity index (χ2n) is 2.64. The van der Waals surface area contributed by atoms with E-state index in [1.54, 1.807) is 0 Å². The minimum Gasteiger partial charge on any atom is -0.393 e. The molecule has 0 heterocycles. The zero-order valence-electron chi connectivity index (χ0n) is 7.35. The molecule has 0 saturated carbocycles. The van der Waals surface area contributed by atoms with Gasteiger partial charge >= 0.3 is 0 Å². The van der Waals surface area contributed by atoms with E-state index in [0.717, 1.165) is 6.42 Å². The lowest BCUT2D eigenvalue weighted by Crippen LogP contribution is -2.26. The second kappa shape index (κ2) is 7.55. The summed E-state index contributed by atoms with van der Waals surface area (Å²) in [6, 6.07) is 0. The number of aliphatic hydroxyl groups is 1. The van der Waals surface area contributed by atoms with Gasteiger partial charge in [-0.15, -0.1) is 0 Å². The summed E-state index contributed by atoms with van der Waals surface area (Å²) < 4.78 is 0. The minimum atomic E-state index is -0.283. The fourth-order valence-corrected chi connectivity index (χ4v) is 1.12. The van der Waals surface area contributed by atoms with E-state index in [9.17, 15) is 4.79 Å². The number of aliphatic hydroxyl groups excluding tert-OH is 1. The lowest BCUT2D eigenvalue weighted by atomic mass is 10.2. The van der Waals surface area contributed by atoms with Gasteiger partial charge in [0.15, 0.2) is 0 Å². The predicted molar refractivity (Wildman–Crippen MR) is 52.3 cm³/mol. The van der Waals surface area contributed by atoms with Gasteiger partial charge in [0.1, 0.15) is 0 Å². The quantitative estimate of drug-likeness (QED) is 0.679. The number of hydrogen-bond acceptors (Lipinski definition) is 2. The lowest BCUT2D eigenvalue weighted by Gasteiger charge is -2.07. The van der Waals surface area contributed by atoms with E-state index < -0.39 is 0 Å². The number of amides is 1. The fourth-order valence-electron chi connectivity index (χ4n) is 0.757. The van der Waals surface area contributed by atoms with Crippen LogP contribution in [0.5, 0.6) is 0 Å². The smallest absolute Gasteiger partial charge is 0.220 e. The molecule has 72 valence electrons. The molecule has 0 aromatic heterocycles. The average Bonchev–Trinajstić information content (AvgIpc) is 2.04. The topological polar surface area (TPSA) is 49.3 Å². The van der Waals surface area contributed by atoms with Gasteiger partial charge in [0, 0.05) is 18.3 Å². The number of rotatable bonds is 6. The van der Waals surface area contributed by atoms with E-state index in [2.05, 4.69) is 21.2 Å². The summed E-state index contributed by atoms with van der Waals surface area (Å²) in [7, 11) is 0. The van der Waals surface area contributed by atoms with E-state index >= 15 is 0 Å². The molecule has 0 saturated heterocycles. The molecule has 0 rings (SSSR count). The standard InChI is InChI=1S/C8H16BrNO2/c1-2-7(11)4-6-10-8(12)3-5-9/h7,11H,2-6H2,1H3,(H,10,12). The molecule has 0 aliphatic carbocycles. The Morgan fingerprint density at radius 1 is 1.67 bits per heavy atom. The van der Waals surface area contributed by atoms with Crippen LogP contribution in [0.4, 0.5) is 0 Å². The maximum Gasteiger partial charge on any atom is 0.220 e. The third-order valence-corrected chi connectivity index (χ3v) is 1.99. The maximum atomic E-state index is 10.9. The largest absolute Gasteiger partial charge is 0.393 e. The summed E-state index contributed by atoms with van der Waals surface area (Å²) in [6.45, 7) is 2.49. The fraction of sp³-hybridized carbons (Fsp3) is 0.875. The van der Waals surface area contributed by atoms with Crippen molar-refractivity contribution in [1.82, 2.24) is 5.32 Å². The van der Waals surface area contributed by atoms with Crippen molar-refractivity contribution >= 4 is 21.8 Å². The molecule has 0 aromatic rings. The van der Waals surface area contributed by atoms with Crippen molar-refractivity contribution in [2.45, 2.75) is 32.3 Å². The zero-order valence-corrected chi connectivity index (χ0v) is 8.93. The van der Waals surface area contributed by atoms with Crippen LogP contribution in [-0.4, -0.2) is 29.0 Å². The second-order valence-corrected chi connectivity index (χ2v) is 3.43. The van der Waals surface area contributed by atoms with Crippen molar-refractivity contribution in [3.8, 4) is 0 Å². The molecular formula is C8H16BrNO2. The molecule has 0 bridgehead atoms. The number of alkyl halides is 1. The van der Waals surface area contributed by atoms with Gasteiger partial charge in [-0.1, -0.05) is 22.9 Å². The van der Waals surface area contributed by atoms with Crippen LogP contribution in [0.2, 0.25) is 0 Å². The Labute approximate surface area is 81.7 Å². The van der Waals surface area contributed by atoms with Crippen molar-refractivity contribution < 1.29 is 9.90 Å². The van der Waals surface area contributed by atoms with Crippen molar-refractivity contribution in [3.63, 3.8) is 0 Å². The summed E-state index contributed by atoms with van der Waals surface area (Å²) in [6.07, 6.45) is 1.61. The third kappa shape index (κ3) is 6.61. The lowest BCUT2D eigenvalue weighted by molar-refractivity contribution is -0.120. The van der Waals surface area contributed by atoms with Gasteiger partial charge in [0.05, 0.1) is 6.10 Å². The average molecular weight is 238 g/mol. The Kier molecular flexibility index (Phi) is 7.50. The predicted octanol–water partition coefficient (Wildman–Crippen LogP) is 1.05. The number of halogens is 1. The third-order valence-electron chi connectivity index (χ3n) is 1.59. The molecular weight excluding hydrogens is 222 g/mol. The van der Waals surface area contributed by atoms with Gasteiger partial charge in [-0.3, -0.25) is 4.79 Å². The zero-order chi connectivity index (χ0) is 9.40. The molecule has 0 aliphatic heterocycles. The van der Waals surface area contributed by atoms with Crippen LogP contribution in [0.25, 0.3) is 0 Å². The van der Waals surface area contributed by atoms with Gasteiger partial charge in [0.2, 0.25) is 5.91 Å². The first kappa shape index (κ1) is 11.9. The highest BCUT2D eigenvalue weighted by atomic mass is 79.9. The number of carbonyl (C=O) groups excluding carboxylic acids is 1. The molecule has 0 aliphatic rings. The molecule has 1 amide bonds. The van der Waals surface area contributed by atoms with Crippen LogP contribution >= 0.6 is 15.9 Å². The molecule has 2 N–H and O–H groups in total. The van der Waals surface area contributed by atoms with E-state index in [1.807, 2.05) is 6.92 Å². The molecule has 1 atom stereocenters. The summed E-state index contributed by atoms with van der Waals surface area (Å²) >= 11 is 3.17. The van der Waals surface area contributed by atoms with E-state index in [-0.39, 0.29) is 12.0 Å². The Balaban J connectivity index is 3.24. The van der Waals surface area contributed by atoms with Crippen LogP contribution in [0.1, 0.15) is 26.2 Å². The molecule has 1 unspecified atom stereocenters.